The van der Waals surface area contributed by atoms with Crippen molar-refractivity contribution in [3.8, 4) is 17.2 Å². The minimum absolute atomic E-state index is 0.114. The Morgan fingerprint density at radius 3 is 2.56 bits per heavy atom. The standard InChI is InChI=1S/C27H32N6O2.C14H24O3/c1-6-8-10-29-21(9-7-2)20(16-28-4)22-13-24-19(17-31-22)18(3)32-33(24)25-15-26-23(14-27(25)34-5)30-11-12-35-26;1-4-8-13(15)17-12(5-2)14(16-6-3)11-9-7-10-11/h6,8,10,13-17,30H,7,9,11-12H2,1-5H3;12H,4-10H2,1-3H3/b8-6-,21-20-,28-16?,29-10+;. The Bertz CT molecular complexity index is 1810. The lowest BCUT2D eigenvalue weighted by molar-refractivity contribution is -0.149. The van der Waals surface area contributed by atoms with Gasteiger partial charge in [0.1, 0.15) is 29.6 Å². The largest absolute Gasteiger partial charge is 0.494 e. The van der Waals surface area contributed by atoms with Gasteiger partial charge in [-0.1, -0.05) is 33.3 Å². The maximum Gasteiger partial charge on any atom is 0.306 e. The third-order valence-electron chi connectivity index (χ3n) is 8.77. The summed E-state index contributed by atoms with van der Waals surface area (Å²) in [5.74, 6) is 2.30. The highest BCUT2D eigenvalue weighted by Gasteiger charge is 2.25. The number of hydrogen-bond acceptors (Lipinski definition) is 10. The van der Waals surface area contributed by atoms with Crippen LogP contribution in [0.4, 0.5) is 5.69 Å². The minimum Gasteiger partial charge on any atom is -0.494 e. The van der Waals surface area contributed by atoms with Crippen molar-refractivity contribution in [3.05, 3.63) is 65.0 Å². The second-order valence-electron chi connectivity index (χ2n) is 12.6. The molecule has 1 fully saturated rings. The number of anilines is 1. The van der Waals surface area contributed by atoms with E-state index in [1.165, 1.54) is 12.0 Å². The van der Waals surface area contributed by atoms with Crippen LogP contribution in [0.1, 0.15) is 97.4 Å². The van der Waals surface area contributed by atoms with Gasteiger partial charge >= 0.3 is 5.97 Å². The number of rotatable bonds is 15. The van der Waals surface area contributed by atoms with Gasteiger partial charge in [0.25, 0.3) is 0 Å². The van der Waals surface area contributed by atoms with Crippen LogP contribution in [0.15, 0.2) is 63.6 Å². The number of aliphatic imine (C=N–C) groups is 2. The van der Waals surface area contributed by atoms with Gasteiger partial charge in [0, 0.05) is 61.7 Å². The van der Waals surface area contributed by atoms with Crippen LogP contribution in [0, 0.1) is 6.92 Å². The van der Waals surface area contributed by atoms with Gasteiger partial charge in [-0.3, -0.25) is 19.8 Å². The van der Waals surface area contributed by atoms with E-state index in [2.05, 4.69) is 17.2 Å². The van der Waals surface area contributed by atoms with Gasteiger partial charge in [-0.05, 0) is 77.0 Å². The molecule has 1 unspecified atom stereocenters. The Hall–Kier alpha value is -4.93. The average Bonchev–Trinajstić information content (AvgIpc) is 3.46. The van der Waals surface area contributed by atoms with E-state index in [0.29, 0.717) is 25.4 Å². The smallest absolute Gasteiger partial charge is 0.306 e. The number of nitrogens with one attached hydrogen (secondary N) is 1. The topological polar surface area (TPSA) is 121 Å². The predicted octanol–water partition coefficient (Wildman–Crippen LogP) is 8.98. The molecular weight excluding hydrogens is 656 g/mol. The van der Waals surface area contributed by atoms with Crippen molar-refractivity contribution in [2.75, 3.05) is 39.2 Å². The van der Waals surface area contributed by atoms with E-state index in [-0.39, 0.29) is 12.1 Å². The first-order valence-electron chi connectivity index (χ1n) is 18.6. The van der Waals surface area contributed by atoms with E-state index in [1.807, 2.05) is 88.3 Å². The number of allylic oxidation sites excluding steroid dienone is 5. The normalized spacial score (nSPS) is 15.0. The highest BCUT2D eigenvalue weighted by Crippen LogP contribution is 2.38. The second kappa shape index (κ2) is 20.2. The van der Waals surface area contributed by atoms with Gasteiger partial charge in [0.2, 0.25) is 0 Å². The molecule has 2 aliphatic rings. The highest BCUT2D eigenvalue weighted by molar-refractivity contribution is 6.11. The quantitative estimate of drug-likeness (QED) is 0.0942. The highest BCUT2D eigenvalue weighted by atomic mass is 16.6. The Labute approximate surface area is 308 Å². The molecule has 1 atom stereocenters. The fourth-order valence-electron chi connectivity index (χ4n) is 6.03. The summed E-state index contributed by atoms with van der Waals surface area (Å²) in [6.45, 7) is 14.1. The molecule has 1 aromatic carbocycles. The summed E-state index contributed by atoms with van der Waals surface area (Å²) in [6.07, 6.45) is 16.5. The van der Waals surface area contributed by atoms with E-state index >= 15 is 0 Å². The zero-order valence-electron chi connectivity index (χ0n) is 32.3. The zero-order chi connectivity index (χ0) is 37.5. The molecular formula is C41H56N6O5. The van der Waals surface area contributed by atoms with Crippen molar-refractivity contribution in [3.63, 3.8) is 0 Å². The molecule has 1 aliphatic carbocycles. The number of esters is 1. The first kappa shape index (κ1) is 39.8. The monoisotopic (exact) mass is 712 g/mol. The summed E-state index contributed by atoms with van der Waals surface area (Å²) < 4.78 is 24.7. The second-order valence-corrected chi connectivity index (χ2v) is 12.6. The van der Waals surface area contributed by atoms with Crippen LogP contribution in [0.2, 0.25) is 0 Å². The number of hydrogen-bond donors (Lipinski definition) is 1. The van der Waals surface area contributed by atoms with Crippen molar-refractivity contribution in [1.82, 2.24) is 14.8 Å². The minimum atomic E-state index is -0.177. The van der Waals surface area contributed by atoms with Crippen LogP contribution in [-0.2, 0) is 14.3 Å². The predicted molar refractivity (Wildman–Crippen MR) is 211 cm³/mol. The molecule has 0 saturated heterocycles. The van der Waals surface area contributed by atoms with E-state index in [1.54, 1.807) is 14.2 Å². The number of pyridine rings is 1. The summed E-state index contributed by atoms with van der Waals surface area (Å²) in [6, 6.07) is 5.98. The van der Waals surface area contributed by atoms with Crippen LogP contribution in [0.3, 0.4) is 0 Å². The lowest BCUT2D eigenvalue weighted by Gasteiger charge is -2.27. The van der Waals surface area contributed by atoms with Crippen molar-refractivity contribution < 1.29 is 23.7 Å². The molecule has 11 heteroatoms. The molecule has 0 amide bonds. The maximum atomic E-state index is 11.5. The van der Waals surface area contributed by atoms with E-state index in [0.717, 1.165) is 102 Å². The summed E-state index contributed by atoms with van der Waals surface area (Å²) in [5.41, 5.74) is 7.49. The fourth-order valence-corrected chi connectivity index (χ4v) is 6.03. The Kier molecular flexibility index (Phi) is 15.5. The lowest BCUT2D eigenvalue weighted by atomic mass is 9.89. The van der Waals surface area contributed by atoms with Crippen LogP contribution >= 0.6 is 0 Å². The average molecular weight is 713 g/mol. The zero-order valence-corrected chi connectivity index (χ0v) is 32.3. The summed E-state index contributed by atoms with van der Waals surface area (Å²) in [4.78, 5) is 25.3. The fraction of sp³-hybridized carbons (Fsp3) is 0.488. The van der Waals surface area contributed by atoms with Gasteiger partial charge < -0.3 is 24.3 Å². The molecule has 11 nitrogen and oxygen atoms in total. The van der Waals surface area contributed by atoms with E-state index < -0.39 is 0 Å². The Balaban J connectivity index is 0.000000299. The molecule has 0 spiro atoms. The summed E-state index contributed by atoms with van der Waals surface area (Å²) in [5, 5.41) is 9.16. The van der Waals surface area contributed by atoms with Crippen molar-refractivity contribution >= 4 is 40.6 Å². The molecule has 1 aliphatic heterocycles. The Morgan fingerprint density at radius 2 is 1.92 bits per heavy atom. The number of ether oxygens (including phenoxy) is 4. The number of aryl methyl sites for hydroxylation is 1. The molecule has 52 heavy (non-hydrogen) atoms. The molecule has 1 N–H and O–H groups in total. The molecule has 3 aromatic rings. The molecule has 0 radical (unpaired) electrons. The van der Waals surface area contributed by atoms with E-state index in [9.17, 15) is 4.79 Å². The molecule has 280 valence electrons. The SMILES string of the molecule is CCCC(=O)OC(CC)C(OCC)=C1CCC1.C\C=C/C=N/C(CCC)=C(/C=NC)c1cc2c(cn1)c(C)nn2-c1cc2c(cc1OC)NCCO2. The molecule has 2 aromatic heterocycles. The lowest BCUT2D eigenvalue weighted by Crippen LogP contribution is -2.24. The number of methoxy groups -OCH3 is 1. The first-order chi connectivity index (χ1) is 25.3. The third kappa shape index (κ3) is 9.89. The number of nitrogens with zero attached hydrogens (tertiary/aromatic N) is 5. The summed E-state index contributed by atoms with van der Waals surface area (Å²) >= 11 is 0. The van der Waals surface area contributed by atoms with Gasteiger partial charge in [-0.15, -0.1) is 0 Å². The van der Waals surface area contributed by atoms with Crippen LogP contribution in [0.5, 0.6) is 11.5 Å². The van der Waals surface area contributed by atoms with Gasteiger partial charge in [-0.25, -0.2) is 4.68 Å². The van der Waals surface area contributed by atoms with Crippen molar-refractivity contribution in [1.29, 1.82) is 0 Å². The van der Waals surface area contributed by atoms with Gasteiger partial charge in [0.15, 0.2) is 6.10 Å². The molecule has 3 heterocycles. The third-order valence-corrected chi connectivity index (χ3v) is 8.77. The van der Waals surface area contributed by atoms with Gasteiger partial charge in [0.05, 0.1) is 42.0 Å². The molecule has 0 bridgehead atoms. The van der Waals surface area contributed by atoms with Crippen LogP contribution in [0.25, 0.3) is 22.2 Å². The van der Waals surface area contributed by atoms with Gasteiger partial charge in [-0.2, -0.15) is 5.10 Å². The van der Waals surface area contributed by atoms with Crippen molar-refractivity contribution in [2.45, 2.75) is 99.0 Å². The summed E-state index contributed by atoms with van der Waals surface area (Å²) in [7, 11) is 3.43. The molecule has 5 rings (SSSR count). The first-order valence-corrected chi connectivity index (χ1v) is 18.6. The number of aromatic nitrogens is 3. The number of benzene rings is 1. The number of carbonyl (C=O) groups is 1. The molecule has 1 saturated carbocycles. The van der Waals surface area contributed by atoms with Crippen molar-refractivity contribution in [2.24, 2.45) is 9.98 Å². The van der Waals surface area contributed by atoms with Crippen LogP contribution in [-0.4, -0.2) is 73.2 Å². The van der Waals surface area contributed by atoms with E-state index in [4.69, 9.17) is 34.0 Å². The number of carbonyl (C=O) groups excluding carboxylic acids is 1. The Morgan fingerprint density at radius 1 is 1.13 bits per heavy atom. The maximum absolute atomic E-state index is 11.5. The van der Waals surface area contributed by atoms with Crippen LogP contribution < -0.4 is 14.8 Å². The number of fused-ring (bicyclic) bond motifs is 2.